The van der Waals surface area contributed by atoms with Crippen molar-refractivity contribution in [1.29, 1.82) is 0 Å². The van der Waals surface area contributed by atoms with E-state index >= 15 is 0 Å². The third kappa shape index (κ3) is 2.42. The molecule has 2 aliphatic carbocycles. The van der Waals surface area contributed by atoms with Crippen LogP contribution in [0.3, 0.4) is 0 Å². The van der Waals surface area contributed by atoms with E-state index in [2.05, 4.69) is 5.32 Å². The summed E-state index contributed by atoms with van der Waals surface area (Å²) in [5.41, 5.74) is 1.11. The number of benzene rings is 1. The zero-order chi connectivity index (χ0) is 14.2. The Morgan fingerprint density at radius 2 is 1.65 bits per heavy atom. The molecule has 1 amide bonds. The zero-order valence-corrected chi connectivity index (χ0v) is 11.4. The number of carboxylic acids is 1. The third-order valence-electron chi connectivity index (χ3n) is 4.74. The molecule has 2 N–H and O–H groups in total. The standard InChI is InChI=1S/C16H19NO3/c18-14(11-4-6-12(7-5-11)15(19)20)17-13-10-16(13)8-2-1-3-9-16/h4-7,13H,1-3,8-10H2,(H,17,18)(H,19,20). The second-order valence-electron chi connectivity index (χ2n) is 6.04. The van der Waals surface area contributed by atoms with E-state index < -0.39 is 5.97 Å². The van der Waals surface area contributed by atoms with Crippen LogP contribution in [0, 0.1) is 5.41 Å². The minimum atomic E-state index is -0.972. The average Bonchev–Trinajstić information content (AvgIpc) is 3.11. The number of hydrogen-bond donors (Lipinski definition) is 2. The molecule has 0 radical (unpaired) electrons. The van der Waals surface area contributed by atoms with Gasteiger partial charge in [-0.2, -0.15) is 0 Å². The van der Waals surface area contributed by atoms with Crippen LogP contribution in [0.25, 0.3) is 0 Å². The van der Waals surface area contributed by atoms with Gasteiger partial charge >= 0.3 is 5.97 Å². The first kappa shape index (κ1) is 13.2. The number of nitrogens with one attached hydrogen (secondary N) is 1. The first-order chi connectivity index (χ1) is 9.61. The summed E-state index contributed by atoms with van der Waals surface area (Å²) in [7, 11) is 0. The molecule has 1 aromatic rings. The second kappa shape index (κ2) is 4.93. The number of amides is 1. The van der Waals surface area contributed by atoms with Gasteiger partial charge in [-0.3, -0.25) is 4.79 Å². The minimum Gasteiger partial charge on any atom is -0.478 e. The van der Waals surface area contributed by atoms with Gasteiger partial charge in [-0.1, -0.05) is 19.3 Å². The topological polar surface area (TPSA) is 66.4 Å². The van der Waals surface area contributed by atoms with Gasteiger partial charge in [-0.15, -0.1) is 0 Å². The van der Waals surface area contributed by atoms with E-state index in [9.17, 15) is 9.59 Å². The number of carboxylic acid groups (broad SMARTS) is 1. The van der Waals surface area contributed by atoms with E-state index in [1.165, 1.54) is 44.2 Å². The molecule has 2 saturated carbocycles. The average molecular weight is 273 g/mol. The van der Waals surface area contributed by atoms with E-state index in [-0.39, 0.29) is 11.5 Å². The van der Waals surface area contributed by atoms with Crippen molar-refractivity contribution in [2.75, 3.05) is 0 Å². The van der Waals surface area contributed by atoms with E-state index in [0.29, 0.717) is 17.0 Å². The van der Waals surface area contributed by atoms with Gasteiger partial charge in [0.25, 0.3) is 5.91 Å². The molecule has 2 aliphatic rings. The summed E-state index contributed by atoms with van der Waals surface area (Å²) in [4.78, 5) is 22.9. The molecule has 20 heavy (non-hydrogen) atoms. The Morgan fingerprint density at radius 3 is 2.25 bits per heavy atom. The van der Waals surface area contributed by atoms with Gasteiger partial charge in [0.15, 0.2) is 0 Å². The molecule has 4 heteroatoms. The van der Waals surface area contributed by atoms with Crippen LogP contribution in [0.1, 0.15) is 59.2 Å². The van der Waals surface area contributed by atoms with Crippen LogP contribution in [0.2, 0.25) is 0 Å². The largest absolute Gasteiger partial charge is 0.478 e. The van der Waals surface area contributed by atoms with Crippen molar-refractivity contribution in [1.82, 2.24) is 5.32 Å². The summed E-state index contributed by atoms with van der Waals surface area (Å²) in [6.45, 7) is 0. The highest BCUT2D eigenvalue weighted by molar-refractivity contribution is 5.96. The van der Waals surface area contributed by atoms with E-state index in [0.717, 1.165) is 6.42 Å². The van der Waals surface area contributed by atoms with E-state index in [1.807, 2.05) is 0 Å². The van der Waals surface area contributed by atoms with Gasteiger partial charge < -0.3 is 10.4 Å². The third-order valence-corrected chi connectivity index (χ3v) is 4.74. The van der Waals surface area contributed by atoms with Crippen LogP contribution < -0.4 is 5.32 Å². The molecule has 1 aromatic carbocycles. The number of carbonyl (C=O) groups is 2. The molecular weight excluding hydrogens is 254 g/mol. The Balaban J connectivity index is 1.61. The van der Waals surface area contributed by atoms with Crippen molar-refractivity contribution >= 4 is 11.9 Å². The number of hydrogen-bond acceptors (Lipinski definition) is 2. The van der Waals surface area contributed by atoms with Crippen molar-refractivity contribution in [3.05, 3.63) is 35.4 Å². The SMILES string of the molecule is O=C(O)c1ccc(C(=O)NC2CC23CCCCC3)cc1. The Kier molecular flexibility index (Phi) is 3.24. The fourth-order valence-electron chi connectivity index (χ4n) is 3.37. The smallest absolute Gasteiger partial charge is 0.335 e. The lowest BCUT2D eigenvalue weighted by atomic mass is 9.86. The molecule has 106 valence electrons. The molecule has 0 heterocycles. The fourth-order valence-corrected chi connectivity index (χ4v) is 3.37. The Bertz CT molecular complexity index is 529. The van der Waals surface area contributed by atoms with Crippen LogP contribution in [0.5, 0.6) is 0 Å². The Morgan fingerprint density at radius 1 is 1.05 bits per heavy atom. The van der Waals surface area contributed by atoms with Crippen LogP contribution in [0.15, 0.2) is 24.3 Å². The molecule has 1 spiro atoms. The molecular formula is C16H19NO3. The summed E-state index contributed by atoms with van der Waals surface area (Å²) < 4.78 is 0. The molecule has 2 fully saturated rings. The normalized spacial score (nSPS) is 23.3. The van der Waals surface area contributed by atoms with Gasteiger partial charge in [-0.05, 0) is 48.9 Å². The van der Waals surface area contributed by atoms with Crippen LogP contribution in [0.4, 0.5) is 0 Å². The molecule has 4 nitrogen and oxygen atoms in total. The van der Waals surface area contributed by atoms with Crippen molar-refractivity contribution < 1.29 is 14.7 Å². The van der Waals surface area contributed by atoms with Gasteiger partial charge in [-0.25, -0.2) is 4.79 Å². The molecule has 1 unspecified atom stereocenters. The highest BCUT2D eigenvalue weighted by Gasteiger charge is 2.54. The van der Waals surface area contributed by atoms with Gasteiger partial charge in [0.05, 0.1) is 5.56 Å². The lowest BCUT2D eigenvalue weighted by molar-refractivity contribution is 0.0696. The maximum absolute atomic E-state index is 12.1. The Hall–Kier alpha value is -1.84. The summed E-state index contributed by atoms with van der Waals surface area (Å²) >= 11 is 0. The summed E-state index contributed by atoms with van der Waals surface area (Å²) in [5.74, 6) is -1.06. The summed E-state index contributed by atoms with van der Waals surface area (Å²) in [6.07, 6.45) is 7.44. The van der Waals surface area contributed by atoms with Crippen molar-refractivity contribution in [2.45, 2.75) is 44.6 Å². The van der Waals surface area contributed by atoms with Crippen LogP contribution in [-0.2, 0) is 0 Å². The van der Waals surface area contributed by atoms with Crippen LogP contribution in [-0.4, -0.2) is 23.0 Å². The highest BCUT2D eigenvalue weighted by Crippen LogP contribution is 2.56. The maximum Gasteiger partial charge on any atom is 0.335 e. The number of carbonyl (C=O) groups excluding carboxylic acids is 1. The second-order valence-corrected chi connectivity index (χ2v) is 6.04. The van der Waals surface area contributed by atoms with Gasteiger partial charge in [0.1, 0.15) is 0 Å². The first-order valence-electron chi connectivity index (χ1n) is 7.25. The number of aromatic carboxylic acids is 1. The molecule has 3 rings (SSSR count). The van der Waals surface area contributed by atoms with Crippen molar-refractivity contribution in [3.63, 3.8) is 0 Å². The Labute approximate surface area is 118 Å². The quantitative estimate of drug-likeness (QED) is 0.890. The predicted octanol–water partition coefficient (Wildman–Crippen LogP) is 2.84. The van der Waals surface area contributed by atoms with Gasteiger partial charge in [0.2, 0.25) is 0 Å². The maximum atomic E-state index is 12.1. The number of rotatable bonds is 3. The monoisotopic (exact) mass is 273 g/mol. The van der Waals surface area contributed by atoms with E-state index in [1.54, 1.807) is 12.1 Å². The molecule has 0 aliphatic heterocycles. The summed E-state index contributed by atoms with van der Waals surface area (Å²) in [6, 6.07) is 6.42. The molecule has 0 saturated heterocycles. The summed E-state index contributed by atoms with van der Waals surface area (Å²) in [5, 5.41) is 11.9. The first-order valence-corrected chi connectivity index (χ1v) is 7.25. The molecule has 0 aromatic heterocycles. The van der Waals surface area contributed by atoms with Gasteiger partial charge in [0, 0.05) is 11.6 Å². The molecule has 1 atom stereocenters. The lowest BCUT2D eigenvalue weighted by Crippen LogP contribution is -2.30. The molecule has 0 bridgehead atoms. The van der Waals surface area contributed by atoms with Crippen LogP contribution >= 0.6 is 0 Å². The predicted molar refractivity (Wildman–Crippen MR) is 74.8 cm³/mol. The fraction of sp³-hybridized carbons (Fsp3) is 0.500. The highest BCUT2D eigenvalue weighted by atomic mass is 16.4. The lowest BCUT2D eigenvalue weighted by Gasteiger charge is -2.22. The minimum absolute atomic E-state index is 0.0885. The van der Waals surface area contributed by atoms with E-state index in [4.69, 9.17) is 5.11 Å². The van der Waals surface area contributed by atoms with Crippen molar-refractivity contribution in [3.8, 4) is 0 Å². The van der Waals surface area contributed by atoms with Crippen molar-refractivity contribution in [2.24, 2.45) is 5.41 Å². The zero-order valence-electron chi connectivity index (χ0n) is 11.4.